The van der Waals surface area contributed by atoms with Crippen LogP contribution in [0.15, 0.2) is 0 Å². The summed E-state index contributed by atoms with van der Waals surface area (Å²) in [5.41, 5.74) is 5.10. The maximum atomic E-state index is 11.1. The smallest absolute Gasteiger partial charge is 0.320 e. The molecule has 1 aliphatic rings. The van der Waals surface area contributed by atoms with E-state index in [4.69, 9.17) is 5.73 Å². The van der Waals surface area contributed by atoms with Gasteiger partial charge in [0, 0.05) is 18.8 Å². The van der Waals surface area contributed by atoms with Crippen molar-refractivity contribution in [2.45, 2.75) is 5.25 Å². The lowest BCUT2D eigenvalue weighted by Crippen LogP contribution is -2.47. The number of esters is 1. The highest BCUT2D eigenvalue weighted by molar-refractivity contribution is 8.00. The van der Waals surface area contributed by atoms with E-state index in [2.05, 4.69) is 4.74 Å². The number of rotatable bonds is 1. The van der Waals surface area contributed by atoms with Gasteiger partial charge in [0.25, 0.3) is 0 Å². The van der Waals surface area contributed by atoms with Crippen molar-refractivity contribution < 1.29 is 14.3 Å². The number of thioether (sulfide) groups is 1. The number of urea groups is 1. The Hall–Kier alpha value is -0.910. The Morgan fingerprint density at radius 1 is 1.62 bits per heavy atom. The molecule has 1 aliphatic heterocycles. The van der Waals surface area contributed by atoms with Crippen molar-refractivity contribution in [3.8, 4) is 0 Å². The van der Waals surface area contributed by atoms with E-state index in [0.29, 0.717) is 13.1 Å². The molecule has 0 aromatic carbocycles. The molecule has 1 atom stereocenters. The quantitative estimate of drug-likeness (QED) is 0.593. The first-order chi connectivity index (χ1) is 6.15. The maximum absolute atomic E-state index is 11.1. The number of amides is 2. The Bertz CT molecular complexity index is 222. The van der Waals surface area contributed by atoms with Crippen LogP contribution in [0.5, 0.6) is 0 Å². The van der Waals surface area contributed by atoms with Gasteiger partial charge in [0.05, 0.1) is 7.11 Å². The van der Waals surface area contributed by atoms with Crippen LogP contribution >= 0.6 is 11.8 Å². The van der Waals surface area contributed by atoms with Gasteiger partial charge in [-0.2, -0.15) is 0 Å². The Morgan fingerprint density at radius 3 is 2.85 bits per heavy atom. The van der Waals surface area contributed by atoms with Gasteiger partial charge in [0.15, 0.2) is 0 Å². The summed E-state index contributed by atoms with van der Waals surface area (Å²) in [7, 11) is 1.34. The summed E-state index contributed by atoms with van der Waals surface area (Å²) >= 11 is 1.49. The van der Waals surface area contributed by atoms with Crippen LogP contribution in [0, 0.1) is 0 Å². The summed E-state index contributed by atoms with van der Waals surface area (Å²) in [6.07, 6.45) is 0. The molecule has 1 unspecified atom stereocenters. The van der Waals surface area contributed by atoms with Crippen LogP contribution in [0.1, 0.15) is 0 Å². The molecule has 1 heterocycles. The van der Waals surface area contributed by atoms with Gasteiger partial charge in [0.1, 0.15) is 5.25 Å². The van der Waals surface area contributed by atoms with E-state index in [1.165, 1.54) is 23.8 Å². The number of nitrogens with zero attached hydrogens (tertiary/aromatic N) is 1. The monoisotopic (exact) mass is 204 g/mol. The minimum Gasteiger partial charge on any atom is -0.468 e. The van der Waals surface area contributed by atoms with E-state index in [1.54, 1.807) is 0 Å². The average molecular weight is 204 g/mol. The van der Waals surface area contributed by atoms with Crippen molar-refractivity contribution in [3.05, 3.63) is 0 Å². The molecule has 74 valence electrons. The van der Waals surface area contributed by atoms with Gasteiger partial charge in [-0.15, -0.1) is 11.8 Å². The lowest BCUT2D eigenvalue weighted by atomic mass is 10.3. The van der Waals surface area contributed by atoms with Crippen LogP contribution in [0.4, 0.5) is 4.79 Å². The predicted molar refractivity (Wildman–Crippen MR) is 49.4 cm³/mol. The highest BCUT2D eigenvalue weighted by Gasteiger charge is 2.28. The fourth-order valence-electron chi connectivity index (χ4n) is 1.12. The van der Waals surface area contributed by atoms with Gasteiger partial charge in [-0.3, -0.25) is 4.79 Å². The molecule has 1 saturated heterocycles. The first-order valence-electron chi connectivity index (χ1n) is 3.89. The summed E-state index contributed by atoms with van der Waals surface area (Å²) in [5.74, 6) is 0.429. The zero-order valence-corrected chi connectivity index (χ0v) is 8.17. The minimum atomic E-state index is -0.478. The van der Waals surface area contributed by atoms with Crippen LogP contribution in [0.2, 0.25) is 0 Å². The van der Waals surface area contributed by atoms with E-state index < -0.39 is 6.03 Å². The highest BCUT2D eigenvalue weighted by Crippen LogP contribution is 2.19. The van der Waals surface area contributed by atoms with Crippen molar-refractivity contribution in [2.75, 3.05) is 26.0 Å². The van der Waals surface area contributed by atoms with Crippen LogP contribution in [0.25, 0.3) is 0 Å². The largest absolute Gasteiger partial charge is 0.468 e. The fourth-order valence-corrected chi connectivity index (χ4v) is 2.25. The molecule has 13 heavy (non-hydrogen) atoms. The zero-order chi connectivity index (χ0) is 9.84. The lowest BCUT2D eigenvalue weighted by Gasteiger charge is -2.29. The molecule has 0 aromatic heterocycles. The zero-order valence-electron chi connectivity index (χ0n) is 7.36. The third kappa shape index (κ3) is 2.51. The summed E-state index contributed by atoms with van der Waals surface area (Å²) < 4.78 is 4.58. The van der Waals surface area contributed by atoms with Crippen molar-refractivity contribution in [2.24, 2.45) is 5.73 Å². The topological polar surface area (TPSA) is 72.6 Å². The number of nitrogens with two attached hydrogens (primary N) is 1. The van der Waals surface area contributed by atoms with Crippen LogP contribution in [-0.4, -0.2) is 48.1 Å². The van der Waals surface area contributed by atoms with Crippen molar-refractivity contribution >= 4 is 23.8 Å². The molecule has 5 nitrogen and oxygen atoms in total. The Kier molecular flexibility index (Phi) is 3.41. The van der Waals surface area contributed by atoms with Gasteiger partial charge < -0.3 is 15.4 Å². The first kappa shape index (κ1) is 10.2. The molecule has 1 rings (SSSR count). The molecule has 6 heteroatoms. The number of carbonyl (C=O) groups excluding carboxylic acids is 2. The Labute approximate surface area is 80.6 Å². The number of hydrogen-bond acceptors (Lipinski definition) is 4. The second-order valence-corrected chi connectivity index (χ2v) is 3.98. The maximum Gasteiger partial charge on any atom is 0.320 e. The fraction of sp³-hybridized carbons (Fsp3) is 0.714. The summed E-state index contributed by atoms with van der Waals surface area (Å²) in [6, 6.07) is -0.478. The average Bonchev–Trinajstić information content (AvgIpc) is 2.17. The molecule has 1 fully saturated rings. The van der Waals surface area contributed by atoms with Crippen LogP contribution in [0.3, 0.4) is 0 Å². The first-order valence-corrected chi connectivity index (χ1v) is 4.94. The Morgan fingerprint density at radius 2 is 2.31 bits per heavy atom. The van der Waals surface area contributed by atoms with Crippen LogP contribution in [-0.2, 0) is 9.53 Å². The highest BCUT2D eigenvalue weighted by atomic mass is 32.2. The standard InChI is InChI=1S/C7H12N2O3S/c1-12-6(10)5-4-9(7(8)11)2-3-13-5/h5H,2-4H2,1H3,(H2,8,11). The summed E-state index contributed by atoms with van der Waals surface area (Å²) in [4.78, 5) is 23.4. The predicted octanol–water partition coefficient (Wildman–Crippen LogP) is -0.345. The van der Waals surface area contributed by atoms with Crippen LogP contribution < -0.4 is 5.73 Å². The molecule has 0 radical (unpaired) electrons. The molecule has 2 N–H and O–H groups in total. The lowest BCUT2D eigenvalue weighted by molar-refractivity contribution is -0.140. The molecule has 0 aromatic rings. The van der Waals surface area contributed by atoms with Gasteiger partial charge in [-0.25, -0.2) is 4.79 Å². The third-order valence-electron chi connectivity index (χ3n) is 1.84. The second-order valence-electron chi connectivity index (χ2n) is 2.67. The summed E-state index contributed by atoms with van der Waals surface area (Å²) in [6.45, 7) is 0.958. The Balaban J connectivity index is 2.51. The molecule has 0 bridgehead atoms. The van der Waals surface area contributed by atoms with Gasteiger partial charge >= 0.3 is 12.0 Å². The molecule has 0 aliphatic carbocycles. The minimum absolute atomic E-state index is 0.286. The molecular weight excluding hydrogens is 192 g/mol. The molecular formula is C7H12N2O3S. The summed E-state index contributed by atoms with van der Waals surface area (Å²) in [5, 5.41) is -0.286. The van der Waals surface area contributed by atoms with Crippen molar-refractivity contribution in [1.29, 1.82) is 0 Å². The van der Waals surface area contributed by atoms with Crippen molar-refractivity contribution in [1.82, 2.24) is 4.90 Å². The normalized spacial score (nSPS) is 22.5. The molecule has 0 saturated carbocycles. The van der Waals surface area contributed by atoms with E-state index in [0.717, 1.165) is 5.75 Å². The molecule has 2 amide bonds. The van der Waals surface area contributed by atoms with E-state index in [1.807, 2.05) is 0 Å². The van der Waals surface area contributed by atoms with Gasteiger partial charge in [-0.1, -0.05) is 0 Å². The molecule has 0 spiro atoms. The van der Waals surface area contributed by atoms with Gasteiger partial charge in [-0.05, 0) is 0 Å². The third-order valence-corrected chi connectivity index (χ3v) is 3.00. The number of primary amides is 1. The van der Waals surface area contributed by atoms with Crippen molar-refractivity contribution in [3.63, 3.8) is 0 Å². The second kappa shape index (κ2) is 4.36. The van der Waals surface area contributed by atoms with E-state index in [-0.39, 0.29) is 11.2 Å². The SMILES string of the molecule is COC(=O)C1CN(C(N)=O)CCS1. The number of hydrogen-bond donors (Lipinski definition) is 1. The number of carbonyl (C=O) groups is 2. The van der Waals surface area contributed by atoms with E-state index in [9.17, 15) is 9.59 Å². The van der Waals surface area contributed by atoms with Gasteiger partial charge in [0.2, 0.25) is 0 Å². The van der Waals surface area contributed by atoms with E-state index >= 15 is 0 Å². The number of ether oxygens (including phenoxy) is 1. The number of methoxy groups -OCH3 is 1.